The summed E-state index contributed by atoms with van der Waals surface area (Å²) >= 11 is 0. The first kappa shape index (κ1) is 13.0. The minimum atomic E-state index is -4.78. The molecule has 0 aliphatic rings. The Morgan fingerprint density at radius 3 is 2.59 bits per heavy atom. The highest BCUT2D eigenvalue weighted by molar-refractivity contribution is 5.93. The minimum absolute atomic E-state index is 0.644. The van der Waals surface area contributed by atoms with Crippen LogP contribution in [0.4, 0.5) is 23.2 Å². The quantitative estimate of drug-likeness (QED) is 0.815. The first-order valence-electron chi connectivity index (χ1n) is 4.38. The maximum Gasteiger partial charge on any atom is 0.418 e. The lowest BCUT2D eigenvalue weighted by Gasteiger charge is -2.13. The molecular formula is C10H6F4N2O. The third kappa shape index (κ3) is 3.17. The van der Waals surface area contributed by atoms with Gasteiger partial charge in [0.25, 0.3) is 0 Å². The van der Waals surface area contributed by atoms with Gasteiger partial charge in [0, 0.05) is 0 Å². The Morgan fingerprint density at radius 1 is 1.41 bits per heavy atom. The van der Waals surface area contributed by atoms with E-state index in [9.17, 15) is 22.4 Å². The molecule has 1 amide bonds. The Balaban J connectivity index is 3.14. The van der Waals surface area contributed by atoms with Crippen LogP contribution in [0, 0.1) is 17.1 Å². The van der Waals surface area contributed by atoms with Gasteiger partial charge >= 0.3 is 6.18 Å². The van der Waals surface area contributed by atoms with Crippen LogP contribution in [-0.4, -0.2) is 5.91 Å². The number of hydrogen-bond acceptors (Lipinski definition) is 2. The van der Waals surface area contributed by atoms with Gasteiger partial charge in [-0.2, -0.15) is 18.4 Å². The molecule has 1 N–H and O–H groups in total. The van der Waals surface area contributed by atoms with E-state index in [2.05, 4.69) is 0 Å². The lowest BCUT2D eigenvalue weighted by atomic mass is 10.1. The van der Waals surface area contributed by atoms with Gasteiger partial charge in [-0.25, -0.2) is 4.39 Å². The highest BCUT2D eigenvalue weighted by atomic mass is 19.4. The number of nitrogens with zero attached hydrogens (tertiary/aromatic N) is 1. The van der Waals surface area contributed by atoms with E-state index in [4.69, 9.17) is 5.26 Å². The molecule has 7 heteroatoms. The third-order valence-corrected chi connectivity index (χ3v) is 1.82. The van der Waals surface area contributed by atoms with Gasteiger partial charge in [-0.05, 0) is 12.1 Å². The van der Waals surface area contributed by atoms with Gasteiger partial charge in [0.1, 0.15) is 12.2 Å². The molecule has 1 rings (SSSR count). The van der Waals surface area contributed by atoms with Gasteiger partial charge in [0.05, 0.1) is 17.3 Å². The van der Waals surface area contributed by atoms with Crippen molar-refractivity contribution in [2.75, 3.05) is 5.32 Å². The maximum atomic E-state index is 13.2. The molecule has 1 aromatic rings. The molecular weight excluding hydrogens is 240 g/mol. The Hall–Kier alpha value is -2.10. The highest BCUT2D eigenvalue weighted by Gasteiger charge is 2.35. The maximum absolute atomic E-state index is 13.2. The van der Waals surface area contributed by atoms with Gasteiger partial charge in [0.15, 0.2) is 0 Å². The van der Waals surface area contributed by atoms with Crippen molar-refractivity contribution in [2.45, 2.75) is 12.6 Å². The van der Waals surface area contributed by atoms with Gasteiger partial charge in [-0.3, -0.25) is 4.79 Å². The fourth-order valence-corrected chi connectivity index (χ4v) is 1.14. The summed E-state index contributed by atoms with van der Waals surface area (Å²) in [5.41, 5.74) is -2.25. The highest BCUT2D eigenvalue weighted by Crippen LogP contribution is 2.36. The molecule has 0 aromatic heterocycles. The topological polar surface area (TPSA) is 52.9 Å². The van der Waals surface area contributed by atoms with Crippen LogP contribution in [0.2, 0.25) is 0 Å². The van der Waals surface area contributed by atoms with E-state index in [0.29, 0.717) is 6.07 Å². The number of anilines is 1. The molecule has 0 heterocycles. The smallest absolute Gasteiger partial charge is 0.322 e. The standard InChI is InChI=1S/C10H6F4N2O/c11-7-3-1-2-6(10(12,13)14)9(7)16-8(17)4-5-15/h1-3H,4H2,(H,16,17). The zero-order valence-electron chi connectivity index (χ0n) is 8.31. The number of nitrogens with one attached hydrogen (secondary N) is 1. The van der Waals surface area contributed by atoms with Crippen LogP contribution in [0.25, 0.3) is 0 Å². The molecule has 0 saturated heterocycles. The molecule has 3 nitrogen and oxygen atoms in total. The number of amides is 1. The van der Waals surface area contributed by atoms with Crippen molar-refractivity contribution in [3.63, 3.8) is 0 Å². The molecule has 0 unspecified atom stereocenters. The Bertz CT molecular complexity index is 476. The van der Waals surface area contributed by atoms with Crippen LogP contribution in [-0.2, 0) is 11.0 Å². The summed E-state index contributed by atoms with van der Waals surface area (Å²) in [5.74, 6) is -2.20. The van der Waals surface area contributed by atoms with Crippen molar-refractivity contribution in [1.29, 1.82) is 5.26 Å². The van der Waals surface area contributed by atoms with Crippen molar-refractivity contribution in [1.82, 2.24) is 0 Å². The lowest BCUT2D eigenvalue weighted by Crippen LogP contribution is -2.17. The minimum Gasteiger partial charge on any atom is -0.322 e. The Morgan fingerprint density at radius 2 is 2.06 bits per heavy atom. The Labute approximate surface area is 93.7 Å². The molecule has 0 saturated carbocycles. The molecule has 0 radical (unpaired) electrons. The van der Waals surface area contributed by atoms with Crippen molar-refractivity contribution >= 4 is 11.6 Å². The molecule has 1 aromatic carbocycles. The van der Waals surface area contributed by atoms with E-state index in [0.717, 1.165) is 12.1 Å². The first-order chi connectivity index (χ1) is 7.86. The molecule has 90 valence electrons. The molecule has 17 heavy (non-hydrogen) atoms. The van der Waals surface area contributed by atoms with Crippen LogP contribution >= 0.6 is 0 Å². The lowest BCUT2D eigenvalue weighted by molar-refractivity contribution is -0.137. The predicted molar refractivity (Wildman–Crippen MR) is 50.3 cm³/mol. The summed E-state index contributed by atoms with van der Waals surface area (Å²) < 4.78 is 50.6. The van der Waals surface area contributed by atoms with E-state index in [1.165, 1.54) is 6.07 Å². The number of para-hydroxylation sites is 1. The number of nitriles is 1. The molecule has 0 bridgehead atoms. The fourth-order valence-electron chi connectivity index (χ4n) is 1.14. The van der Waals surface area contributed by atoms with Gasteiger partial charge in [-0.15, -0.1) is 0 Å². The van der Waals surface area contributed by atoms with E-state index < -0.39 is 35.6 Å². The second-order valence-corrected chi connectivity index (χ2v) is 3.04. The summed E-state index contributed by atoms with van der Waals surface area (Å²) in [6.07, 6.45) is -5.43. The van der Waals surface area contributed by atoms with Crippen molar-refractivity contribution in [3.05, 3.63) is 29.6 Å². The number of rotatable bonds is 2. The molecule has 0 aliphatic heterocycles. The van der Waals surface area contributed by atoms with Crippen LogP contribution < -0.4 is 5.32 Å². The van der Waals surface area contributed by atoms with Gasteiger partial charge in [0.2, 0.25) is 5.91 Å². The van der Waals surface area contributed by atoms with Crippen molar-refractivity contribution < 1.29 is 22.4 Å². The van der Waals surface area contributed by atoms with Crippen molar-refractivity contribution in [3.8, 4) is 6.07 Å². The largest absolute Gasteiger partial charge is 0.418 e. The summed E-state index contributed by atoms with van der Waals surface area (Å²) in [4.78, 5) is 11.0. The number of carbonyl (C=O) groups is 1. The van der Waals surface area contributed by atoms with E-state index >= 15 is 0 Å². The van der Waals surface area contributed by atoms with Crippen LogP contribution in [0.3, 0.4) is 0 Å². The summed E-state index contributed by atoms with van der Waals surface area (Å²) in [5, 5.41) is 9.92. The number of halogens is 4. The average Bonchev–Trinajstić information content (AvgIpc) is 2.19. The Kier molecular flexibility index (Phi) is 3.68. The SMILES string of the molecule is N#CCC(=O)Nc1c(F)cccc1C(F)(F)F. The van der Waals surface area contributed by atoms with Crippen LogP contribution in [0.5, 0.6) is 0 Å². The monoisotopic (exact) mass is 246 g/mol. The summed E-state index contributed by atoms with van der Waals surface area (Å²) in [6, 6.07) is 3.77. The number of carbonyl (C=O) groups excluding carboxylic acids is 1. The molecule has 0 aliphatic carbocycles. The second kappa shape index (κ2) is 4.82. The van der Waals surface area contributed by atoms with Gasteiger partial charge < -0.3 is 5.32 Å². The van der Waals surface area contributed by atoms with Gasteiger partial charge in [-0.1, -0.05) is 6.07 Å². The van der Waals surface area contributed by atoms with Crippen LogP contribution in [0.1, 0.15) is 12.0 Å². The first-order valence-corrected chi connectivity index (χ1v) is 4.38. The van der Waals surface area contributed by atoms with Crippen LogP contribution in [0.15, 0.2) is 18.2 Å². The van der Waals surface area contributed by atoms with E-state index in [1.54, 1.807) is 5.32 Å². The normalized spacial score (nSPS) is 10.8. The summed E-state index contributed by atoms with van der Waals surface area (Å²) in [6.45, 7) is 0. The molecule has 0 fully saturated rings. The van der Waals surface area contributed by atoms with E-state index in [-0.39, 0.29) is 0 Å². The zero-order chi connectivity index (χ0) is 13.1. The number of hydrogen-bond donors (Lipinski definition) is 1. The third-order valence-electron chi connectivity index (χ3n) is 1.82. The average molecular weight is 246 g/mol. The number of alkyl halides is 3. The second-order valence-electron chi connectivity index (χ2n) is 3.04. The predicted octanol–water partition coefficient (Wildman–Crippen LogP) is 2.70. The zero-order valence-corrected chi connectivity index (χ0v) is 8.31. The number of benzene rings is 1. The molecule has 0 spiro atoms. The van der Waals surface area contributed by atoms with E-state index in [1.807, 2.05) is 0 Å². The summed E-state index contributed by atoms with van der Waals surface area (Å²) in [7, 11) is 0. The molecule has 0 atom stereocenters. The fraction of sp³-hybridized carbons (Fsp3) is 0.200. The van der Waals surface area contributed by atoms with Crippen molar-refractivity contribution in [2.24, 2.45) is 0 Å².